The van der Waals surface area contributed by atoms with Crippen molar-refractivity contribution in [3.05, 3.63) is 52.2 Å². The normalized spacial score (nSPS) is 12.3. The minimum Gasteiger partial charge on any atom is -0.493 e. The maximum atomic E-state index is 5.88. The summed E-state index contributed by atoms with van der Waals surface area (Å²) in [5.41, 5.74) is 2.52. The van der Waals surface area contributed by atoms with E-state index in [0.29, 0.717) is 0 Å². The molecular formula is C16H21NOS. The molecule has 2 rings (SSSR count). The zero-order chi connectivity index (χ0) is 13.5. The van der Waals surface area contributed by atoms with Gasteiger partial charge in [-0.3, -0.25) is 0 Å². The molecule has 0 aliphatic carbocycles. The van der Waals surface area contributed by atoms with Gasteiger partial charge in [0.1, 0.15) is 5.75 Å². The van der Waals surface area contributed by atoms with E-state index in [1.54, 1.807) is 11.3 Å². The SMILES string of the molecule is CCCOc1ccccc1C(NCC)c1ccsc1. The third-order valence-electron chi connectivity index (χ3n) is 2.98. The lowest BCUT2D eigenvalue weighted by atomic mass is 10.0. The lowest BCUT2D eigenvalue weighted by Crippen LogP contribution is -2.22. The van der Waals surface area contributed by atoms with Crippen molar-refractivity contribution in [3.8, 4) is 5.75 Å². The van der Waals surface area contributed by atoms with Gasteiger partial charge in [-0.2, -0.15) is 11.3 Å². The monoisotopic (exact) mass is 275 g/mol. The van der Waals surface area contributed by atoms with Crippen molar-refractivity contribution in [1.29, 1.82) is 0 Å². The van der Waals surface area contributed by atoms with E-state index < -0.39 is 0 Å². The van der Waals surface area contributed by atoms with Crippen molar-refractivity contribution in [2.45, 2.75) is 26.3 Å². The van der Waals surface area contributed by atoms with Gasteiger partial charge in [0.2, 0.25) is 0 Å². The molecule has 0 aliphatic rings. The Kier molecular flexibility index (Phi) is 5.43. The third kappa shape index (κ3) is 3.58. The summed E-state index contributed by atoms with van der Waals surface area (Å²) in [7, 11) is 0. The van der Waals surface area contributed by atoms with Gasteiger partial charge in [-0.25, -0.2) is 0 Å². The van der Waals surface area contributed by atoms with Crippen LogP contribution < -0.4 is 10.1 Å². The number of thiophene rings is 1. The van der Waals surface area contributed by atoms with Crippen molar-refractivity contribution in [1.82, 2.24) is 5.32 Å². The first-order valence-electron chi connectivity index (χ1n) is 6.84. The van der Waals surface area contributed by atoms with E-state index in [4.69, 9.17) is 4.74 Å². The summed E-state index contributed by atoms with van der Waals surface area (Å²) in [6, 6.07) is 10.7. The standard InChI is InChI=1S/C16H21NOS/c1-3-10-18-15-8-6-5-7-14(15)16(17-4-2)13-9-11-19-12-13/h5-9,11-12,16-17H,3-4,10H2,1-2H3. The van der Waals surface area contributed by atoms with Crippen molar-refractivity contribution in [2.24, 2.45) is 0 Å². The molecule has 3 heteroatoms. The van der Waals surface area contributed by atoms with Crippen LogP contribution in [0.1, 0.15) is 37.4 Å². The Hall–Kier alpha value is -1.32. The molecule has 0 aliphatic heterocycles. The maximum absolute atomic E-state index is 5.88. The summed E-state index contributed by atoms with van der Waals surface area (Å²) in [5.74, 6) is 0.988. The molecule has 0 amide bonds. The quantitative estimate of drug-likeness (QED) is 0.816. The van der Waals surface area contributed by atoms with Crippen LogP contribution >= 0.6 is 11.3 Å². The Balaban J connectivity index is 2.30. The minimum absolute atomic E-state index is 0.212. The highest BCUT2D eigenvalue weighted by atomic mass is 32.1. The fraction of sp³-hybridized carbons (Fsp3) is 0.375. The molecule has 0 spiro atoms. The summed E-state index contributed by atoms with van der Waals surface area (Å²) < 4.78 is 5.88. The highest BCUT2D eigenvalue weighted by molar-refractivity contribution is 7.08. The first kappa shape index (κ1) is 14.1. The first-order valence-corrected chi connectivity index (χ1v) is 7.78. The number of para-hydroxylation sites is 1. The fourth-order valence-electron chi connectivity index (χ4n) is 2.11. The van der Waals surface area contributed by atoms with E-state index >= 15 is 0 Å². The molecule has 1 unspecified atom stereocenters. The average molecular weight is 275 g/mol. The van der Waals surface area contributed by atoms with Gasteiger partial charge >= 0.3 is 0 Å². The predicted octanol–water partition coefficient (Wildman–Crippen LogP) is 4.24. The Bertz CT molecular complexity index is 481. The van der Waals surface area contributed by atoms with Crippen LogP contribution in [0.15, 0.2) is 41.1 Å². The Morgan fingerprint density at radius 1 is 1.21 bits per heavy atom. The minimum atomic E-state index is 0.212. The van der Waals surface area contributed by atoms with E-state index in [0.717, 1.165) is 25.3 Å². The van der Waals surface area contributed by atoms with Crippen LogP contribution in [-0.4, -0.2) is 13.2 Å². The molecule has 0 fully saturated rings. The number of hydrogen-bond acceptors (Lipinski definition) is 3. The van der Waals surface area contributed by atoms with Gasteiger partial charge in [0.15, 0.2) is 0 Å². The number of ether oxygens (including phenoxy) is 1. The lowest BCUT2D eigenvalue weighted by molar-refractivity contribution is 0.312. The smallest absolute Gasteiger partial charge is 0.124 e. The van der Waals surface area contributed by atoms with Crippen LogP contribution in [0.3, 0.4) is 0 Å². The van der Waals surface area contributed by atoms with Gasteiger partial charge in [-0.15, -0.1) is 0 Å². The van der Waals surface area contributed by atoms with Crippen LogP contribution in [0.2, 0.25) is 0 Å². The van der Waals surface area contributed by atoms with Crippen molar-refractivity contribution >= 4 is 11.3 Å². The van der Waals surface area contributed by atoms with Gasteiger partial charge in [0.25, 0.3) is 0 Å². The lowest BCUT2D eigenvalue weighted by Gasteiger charge is -2.20. The van der Waals surface area contributed by atoms with Crippen LogP contribution in [-0.2, 0) is 0 Å². The topological polar surface area (TPSA) is 21.3 Å². The molecule has 0 saturated heterocycles. The van der Waals surface area contributed by atoms with Gasteiger partial charge in [-0.1, -0.05) is 32.0 Å². The second-order valence-corrected chi connectivity index (χ2v) is 5.21. The summed E-state index contributed by atoms with van der Waals surface area (Å²) in [6.07, 6.45) is 1.03. The molecule has 1 aromatic carbocycles. The van der Waals surface area contributed by atoms with Crippen molar-refractivity contribution in [3.63, 3.8) is 0 Å². The summed E-state index contributed by atoms with van der Waals surface area (Å²) >= 11 is 1.73. The molecule has 19 heavy (non-hydrogen) atoms. The van der Waals surface area contributed by atoms with Gasteiger partial charge in [0.05, 0.1) is 12.6 Å². The Morgan fingerprint density at radius 3 is 2.74 bits per heavy atom. The van der Waals surface area contributed by atoms with E-state index in [2.05, 4.69) is 54.2 Å². The number of benzene rings is 1. The molecule has 0 radical (unpaired) electrons. The highest BCUT2D eigenvalue weighted by Crippen LogP contribution is 2.31. The van der Waals surface area contributed by atoms with Crippen molar-refractivity contribution < 1.29 is 4.74 Å². The van der Waals surface area contributed by atoms with Gasteiger partial charge < -0.3 is 10.1 Å². The molecule has 2 aromatic rings. The highest BCUT2D eigenvalue weighted by Gasteiger charge is 2.17. The molecule has 102 valence electrons. The maximum Gasteiger partial charge on any atom is 0.124 e. The molecule has 1 heterocycles. The number of hydrogen-bond donors (Lipinski definition) is 1. The van der Waals surface area contributed by atoms with Crippen LogP contribution in [0.5, 0.6) is 5.75 Å². The zero-order valence-electron chi connectivity index (χ0n) is 11.6. The van der Waals surface area contributed by atoms with E-state index in [9.17, 15) is 0 Å². The van der Waals surface area contributed by atoms with Crippen LogP contribution in [0, 0.1) is 0 Å². The second-order valence-electron chi connectivity index (χ2n) is 4.43. The van der Waals surface area contributed by atoms with E-state index in [1.165, 1.54) is 11.1 Å². The average Bonchev–Trinajstić information content (AvgIpc) is 2.97. The molecule has 2 nitrogen and oxygen atoms in total. The largest absolute Gasteiger partial charge is 0.493 e. The van der Waals surface area contributed by atoms with Gasteiger partial charge in [0, 0.05) is 5.56 Å². The Labute approximate surface area is 119 Å². The second kappa shape index (κ2) is 7.31. The van der Waals surface area contributed by atoms with Crippen LogP contribution in [0.4, 0.5) is 0 Å². The molecular weight excluding hydrogens is 254 g/mol. The molecule has 1 atom stereocenters. The van der Waals surface area contributed by atoms with Crippen molar-refractivity contribution in [2.75, 3.05) is 13.2 Å². The molecule has 0 bridgehead atoms. The summed E-state index contributed by atoms with van der Waals surface area (Å²) in [6.45, 7) is 5.96. The number of nitrogens with one attached hydrogen (secondary N) is 1. The summed E-state index contributed by atoms with van der Waals surface area (Å²) in [5, 5.41) is 7.86. The zero-order valence-corrected chi connectivity index (χ0v) is 12.4. The van der Waals surface area contributed by atoms with Crippen LogP contribution in [0.25, 0.3) is 0 Å². The summed E-state index contributed by atoms with van der Waals surface area (Å²) in [4.78, 5) is 0. The predicted molar refractivity (Wildman–Crippen MR) is 82.1 cm³/mol. The fourth-order valence-corrected chi connectivity index (χ4v) is 2.80. The Morgan fingerprint density at radius 2 is 2.05 bits per heavy atom. The molecule has 1 aromatic heterocycles. The van der Waals surface area contributed by atoms with E-state index in [1.807, 2.05) is 6.07 Å². The first-order chi connectivity index (χ1) is 9.36. The molecule has 0 saturated carbocycles. The third-order valence-corrected chi connectivity index (χ3v) is 3.68. The van der Waals surface area contributed by atoms with Gasteiger partial charge in [-0.05, 0) is 41.4 Å². The molecule has 1 N–H and O–H groups in total. The van der Waals surface area contributed by atoms with E-state index in [-0.39, 0.29) is 6.04 Å². The number of rotatable bonds is 7.